The highest BCUT2D eigenvalue weighted by molar-refractivity contribution is 7.92. The molecule has 1 N–H and O–H groups in total. The summed E-state index contributed by atoms with van der Waals surface area (Å²) in [4.78, 5) is 27.4. The fraction of sp³-hybridized carbons (Fsp3) is 0.357. The number of benzene rings is 2. The number of aryl methyl sites for hydroxylation is 3. The summed E-state index contributed by atoms with van der Waals surface area (Å²) in [5, 5.41) is 3.27. The van der Waals surface area contributed by atoms with Gasteiger partial charge in [-0.1, -0.05) is 29.8 Å². The van der Waals surface area contributed by atoms with Gasteiger partial charge in [-0.15, -0.1) is 11.3 Å². The Hall–Kier alpha value is -3.17. The number of thiophene rings is 1. The minimum Gasteiger partial charge on any atom is -0.462 e. The lowest BCUT2D eigenvalue weighted by atomic mass is 9.95. The van der Waals surface area contributed by atoms with E-state index in [1.165, 1.54) is 11.3 Å². The van der Waals surface area contributed by atoms with Crippen LogP contribution in [0.3, 0.4) is 0 Å². The highest BCUT2D eigenvalue weighted by Gasteiger charge is 2.31. The number of nitrogens with zero attached hydrogens (tertiary/aromatic N) is 1. The van der Waals surface area contributed by atoms with Crippen LogP contribution < -0.4 is 9.62 Å². The van der Waals surface area contributed by atoms with Crippen LogP contribution in [0.15, 0.2) is 47.4 Å². The van der Waals surface area contributed by atoms with Crippen molar-refractivity contribution in [3.05, 3.63) is 75.2 Å². The average Bonchev–Trinajstić information content (AvgIpc) is 3.22. The predicted molar refractivity (Wildman–Crippen MR) is 147 cm³/mol. The molecule has 1 heterocycles. The normalized spacial score (nSPS) is 13.1. The lowest BCUT2D eigenvalue weighted by Gasteiger charge is -2.26. The van der Waals surface area contributed by atoms with E-state index in [1.54, 1.807) is 43.3 Å². The molecule has 196 valence electrons. The van der Waals surface area contributed by atoms with Crippen molar-refractivity contribution in [2.75, 3.05) is 22.8 Å². The fourth-order valence-corrected chi connectivity index (χ4v) is 7.28. The third-order valence-corrected chi connectivity index (χ3v) is 9.63. The van der Waals surface area contributed by atoms with Gasteiger partial charge in [0.25, 0.3) is 10.0 Å². The molecular weight excluding hydrogens is 508 g/mol. The lowest BCUT2D eigenvalue weighted by Crippen LogP contribution is -2.38. The van der Waals surface area contributed by atoms with Crippen molar-refractivity contribution in [1.29, 1.82) is 0 Å². The van der Waals surface area contributed by atoms with Crippen molar-refractivity contribution in [2.45, 2.75) is 58.3 Å². The van der Waals surface area contributed by atoms with E-state index in [2.05, 4.69) is 5.32 Å². The van der Waals surface area contributed by atoms with E-state index >= 15 is 0 Å². The molecule has 3 aromatic rings. The lowest BCUT2D eigenvalue weighted by molar-refractivity contribution is -0.114. The zero-order chi connectivity index (χ0) is 26.7. The van der Waals surface area contributed by atoms with Gasteiger partial charge in [0.1, 0.15) is 11.5 Å². The van der Waals surface area contributed by atoms with E-state index < -0.39 is 28.4 Å². The van der Waals surface area contributed by atoms with Gasteiger partial charge in [-0.2, -0.15) is 0 Å². The Labute approximate surface area is 222 Å². The molecule has 9 heteroatoms. The Morgan fingerprint density at radius 2 is 1.73 bits per heavy atom. The molecule has 0 saturated carbocycles. The van der Waals surface area contributed by atoms with Crippen LogP contribution >= 0.6 is 11.3 Å². The Morgan fingerprint density at radius 3 is 2.43 bits per heavy atom. The second kappa shape index (κ2) is 11.1. The first-order chi connectivity index (χ1) is 17.6. The summed E-state index contributed by atoms with van der Waals surface area (Å²) >= 11 is 1.38. The first-order valence-electron chi connectivity index (χ1n) is 12.4. The Morgan fingerprint density at radius 1 is 1.03 bits per heavy atom. The van der Waals surface area contributed by atoms with E-state index in [4.69, 9.17) is 4.74 Å². The van der Waals surface area contributed by atoms with Crippen LogP contribution in [-0.4, -0.2) is 33.4 Å². The van der Waals surface area contributed by atoms with Crippen LogP contribution in [-0.2, 0) is 32.4 Å². The Kier molecular flexibility index (Phi) is 8.04. The van der Waals surface area contributed by atoms with E-state index in [0.717, 1.165) is 57.1 Å². The van der Waals surface area contributed by atoms with Crippen LogP contribution in [0.25, 0.3) is 0 Å². The number of ether oxygens (including phenoxy) is 1. The molecule has 0 fully saturated rings. The Balaban J connectivity index is 1.71. The molecule has 1 amide bonds. The molecule has 0 unspecified atom stereocenters. The van der Waals surface area contributed by atoms with Crippen LogP contribution in [0, 0.1) is 20.8 Å². The highest BCUT2D eigenvalue weighted by atomic mass is 32.2. The number of carbonyl (C=O) groups excluding carboxylic acids is 2. The van der Waals surface area contributed by atoms with E-state index in [-0.39, 0.29) is 11.5 Å². The van der Waals surface area contributed by atoms with Crippen molar-refractivity contribution in [2.24, 2.45) is 0 Å². The molecule has 0 aliphatic heterocycles. The molecule has 7 nitrogen and oxygen atoms in total. The van der Waals surface area contributed by atoms with E-state index in [1.807, 2.05) is 26.8 Å². The molecule has 4 rings (SSSR count). The monoisotopic (exact) mass is 540 g/mol. The third-order valence-electron chi connectivity index (χ3n) is 6.64. The van der Waals surface area contributed by atoms with E-state index in [9.17, 15) is 18.0 Å². The molecule has 0 saturated heterocycles. The summed E-state index contributed by atoms with van der Waals surface area (Å²) in [7, 11) is -4.05. The number of nitrogens with one attached hydrogen (secondary N) is 1. The first kappa shape index (κ1) is 26.9. The second-order valence-corrected chi connectivity index (χ2v) is 12.2. The van der Waals surface area contributed by atoms with Gasteiger partial charge >= 0.3 is 5.97 Å². The van der Waals surface area contributed by atoms with Crippen molar-refractivity contribution in [3.63, 3.8) is 0 Å². The number of sulfonamides is 1. The van der Waals surface area contributed by atoms with Gasteiger partial charge in [0.2, 0.25) is 5.91 Å². The number of amides is 1. The number of esters is 1. The standard InChI is InChI=1S/C28H32N2O5S2/c1-5-35-28(32)26-22-10-6-7-12-24(22)36-27(26)29-25(31)17-30(23-11-8-9-19(3)20(23)4)37(33,34)21-15-13-18(2)14-16-21/h8-9,11,13-16H,5-7,10,12,17H2,1-4H3,(H,29,31). The summed E-state index contributed by atoms with van der Waals surface area (Å²) in [5.41, 5.74) is 4.38. The molecule has 37 heavy (non-hydrogen) atoms. The van der Waals surface area contributed by atoms with E-state index in [0.29, 0.717) is 16.3 Å². The quantitative estimate of drug-likeness (QED) is 0.378. The zero-order valence-corrected chi connectivity index (χ0v) is 23.2. The molecule has 1 aliphatic carbocycles. The van der Waals surface area contributed by atoms with Crippen LogP contribution in [0.1, 0.15) is 57.3 Å². The van der Waals surface area contributed by atoms with Crippen molar-refractivity contribution in [1.82, 2.24) is 0 Å². The number of rotatable bonds is 8. The molecule has 0 radical (unpaired) electrons. The predicted octanol–water partition coefficient (Wildman–Crippen LogP) is 5.56. The summed E-state index contributed by atoms with van der Waals surface area (Å²) in [6.07, 6.45) is 3.60. The molecule has 1 aliphatic rings. The van der Waals surface area contributed by atoms with Crippen molar-refractivity contribution in [3.8, 4) is 0 Å². The molecule has 0 bridgehead atoms. The smallest absolute Gasteiger partial charge is 0.341 e. The molecular formula is C28H32N2O5S2. The van der Waals surface area contributed by atoms with Crippen LogP contribution in [0.5, 0.6) is 0 Å². The number of anilines is 2. The fourth-order valence-electron chi connectivity index (χ4n) is 4.51. The van der Waals surface area contributed by atoms with Crippen molar-refractivity contribution >= 4 is 43.9 Å². The van der Waals surface area contributed by atoms with Gasteiger partial charge in [-0.25, -0.2) is 13.2 Å². The molecule has 0 atom stereocenters. The SMILES string of the molecule is CCOC(=O)c1c(NC(=O)CN(c2cccc(C)c2C)S(=O)(=O)c2ccc(C)cc2)sc2c1CCCC2. The summed E-state index contributed by atoms with van der Waals surface area (Å²) < 4.78 is 34.0. The van der Waals surface area contributed by atoms with Crippen LogP contribution in [0.2, 0.25) is 0 Å². The summed E-state index contributed by atoms with van der Waals surface area (Å²) in [6.45, 7) is 7.15. The van der Waals surface area contributed by atoms with Gasteiger partial charge < -0.3 is 10.1 Å². The zero-order valence-electron chi connectivity index (χ0n) is 21.6. The Bertz CT molecular complexity index is 1430. The maximum atomic E-state index is 13.8. The van der Waals surface area contributed by atoms with Gasteiger partial charge in [0, 0.05) is 4.88 Å². The molecule has 1 aromatic heterocycles. The molecule has 0 spiro atoms. The first-order valence-corrected chi connectivity index (χ1v) is 14.7. The summed E-state index contributed by atoms with van der Waals surface area (Å²) in [5.74, 6) is -0.989. The molecule has 2 aromatic carbocycles. The number of carbonyl (C=O) groups is 2. The van der Waals surface area contributed by atoms with Crippen molar-refractivity contribution < 1.29 is 22.7 Å². The largest absolute Gasteiger partial charge is 0.462 e. The van der Waals surface area contributed by atoms with Gasteiger partial charge in [-0.05, 0) is 88.3 Å². The highest BCUT2D eigenvalue weighted by Crippen LogP contribution is 2.39. The summed E-state index contributed by atoms with van der Waals surface area (Å²) in [6, 6.07) is 11.9. The van der Waals surface area contributed by atoms with Gasteiger partial charge in [-0.3, -0.25) is 9.10 Å². The average molecular weight is 541 g/mol. The minimum atomic E-state index is -4.05. The maximum absolute atomic E-state index is 13.8. The van der Waals surface area contributed by atoms with Gasteiger partial charge in [0.05, 0.1) is 22.8 Å². The van der Waals surface area contributed by atoms with Crippen LogP contribution in [0.4, 0.5) is 10.7 Å². The number of hydrogen-bond acceptors (Lipinski definition) is 6. The number of hydrogen-bond donors (Lipinski definition) is 1. The third kappa shape index (κ3) is 5.57. The number of fused-ring (bicyclic) bond motifs is 1. The maximum Gasteiger partial charge on any atom is 0.341 e. The topological polar surface area (TPSA) is 92.8 Å². The minimum absolute atomic E-state index is 0.102. The second-order valence-electron chi connectivity index (χ2n) is 9.23. The van der Waals surface area contributed by atoms with Gasteiger partial charge in [0.15, 0.2) is 0 Å².